The molecule has 5 heteroatoms. The Morgan fingerprint density at radius 3 is 2.50 bits per heavy atom. The van der Waals surface area contributed by atoms with Crippen LogP contribution in [0.2, 0.25) is 0 Å². The fourth-order valence-corrected chi connectivity index (χ4v) is 3.48. The fourth-order valence-electron chi connectivity index (χ4n) is 1.88. The topological polar surface area (TPSA) is 37.8 Å². The molecule has 0 unspecified atom stereocenters. The number of hydrogen-bond donors (Lipinski definition) is 1. The molecule has 0 saturated heterocycles. The van der Waals surface area contributed by atoms with Crippen LogP contribution in [0.15, 0.2) is 15.9 Å². The number of thiophene rings is 1. The van der Waals surface area contributed by atoms with E-state index in [1.54, 1.807) is 11.3 Å². The van der Waals surface area contributed by atoms with E-state index in [0.717, 1.165) is 38.8 Å². The summed E-state index contributed by atoms with van der Waals surface area (Å²) in [4.78, 5) is 10.7. The minimum Gasteiger partial charge on any atom is -0.370 e. The van der Waals surface area contributed by atoms with Crippen LogP contribution >= 0.6 is 27.3 Å². The lowest BCUT2D eigenvalue weighted by Crippen LogP contribution is -2.18. The second-order valence-corrected chi connectivity index (χ2v) is 7.52. The lowest BCUT2D eigenvalue weighted by molar-refractivity contribution is 0.546. The molecule has 108 valence electrons. The highest BCUT2D eigenvalue weighted by Gasteiger charge is 2.22. The van der Waals surface area contributed by atoms with Crippen molar-refractivity contribution in [3.8, 4) is 10.6 Å². The number of aromatic nitrogens is 2. The third kappa shape index (κ3) is 3.04. The maximum atomic E-state index is 4.82. The molecule has 0 aliphatic heterocycles. The first-order valence-corrected chi connectivity index (χ1v) is 8.38. The van der Waals surface area contributed by atoms with Crippen LogP contribution in [-0.4, -0.2) is 16.5 Å². The Morgan fingerprint density at radius 2 is 2.00 bits per heavy atom. The summed E-state index contributed by atoms with van der Waals surface area (Å²) in [6, 6.07) is 2.06. The van der Waals surface area contributed by atoms with E-state index in [2.05, 4.69) is 67.3 Å². The van der Waals surface area contributed by atoms with Crippen molar-refractivity contribution in [2.45, 2.75) is 40.0 Å². The highest BCUT2D eigenvalue weighted by atomic mass is 79.9. The molecule has 0 aliphatic rings. The predicted molar refractivity (Wildman–Crippen MR) is 90.6 cm³/mol. The summed E-state index contributed by atoms with van der Waals surface area (Å²) < 4.78 is 1.09. The van der Waals surface area contributed by atoms with E-state index in [9.17, 15) is 0 Å². The third-order valence-corrected chi connectivity index (χ3v) is 4.84. The highest BCUT2D eigenvalue weighted by molar-refractivity contribution is 9.10. The van der Waals surface area contributed by atoms with Gasteiger partial charge in [-0.05, 0) is 41.2 Å². The first kappa shape index (κ1) is 15.4. The normalized spacial score (nSPS) is 11.7. The van der Waals surface area contributed by atoms with Gasteiger partial charge in [0.25, 0.3) is 0 Å². The van der Waals surface area contributed by atoms with Crippen LogP contribution in [0.4, 0.5) is 5.82 Å². The Morgan fingerprint density at radius 1 is 1.30 bits per heavy atom. The minimum atomic E-state index is -0.0731. The second-order valence-electron chi connectivity index (χ2n) is 5.75. The molecular formula is C15H20BrN3S. The Bertz CT molecular complexity index is 614. The Kier molecular flexibility index (Phi) is 4.49. The molecule has 0 radical (unpaired) electrons. The van der Waals surface area contributed by atoms with Gasteiger partial charge in [-0.3, -0.25) is 0 Å². The smallest absolute Gasteiger partial charge is 0.136 e. The number of halogens is 1. The molecule has 0 bridgehead atoms. The molecule has 0 saturated carbocycles. The summed E-state index contributed by atoms with van der Waals surface area (Å²) >= 11 is 5.30. The van der Waals surface area contributed by atoms with Crippen molar-refractivity contribution in [1.29, 1.82) is 0 Å². The van der Waals surface area contributed by atoms with E-state index in [0.29, 0.717) is 0 Å². The van der Waals surface area contributed by atoms with E-state index in [1.807, 2.05) is 0 Å². The predicted octanol–water partition coefficient (Wildman–Crippen LogP) is 5.01. The van der Waals surface area contributed by atoms with Gasteiger partial charge in [0.2, 0.25) is 0 Å². The van der Waals surface area contributed by atoms with Crippen LogP contribution in [0.1, 0.15) is 39.1 Å². The number of anilines is 1. The number of nitrogens with zero attached hydrogens (tertiary/aromatic N) is 2. The van der Waals surface area contributed by atoms with Crippen molar-refractivity contribution in [3.05, 3.63) is 27.3 Å². The van der Waals surface area contributed by atoms with Gasteiger partial charge in [-0.25, -0.2) is 9.97 Å². The van der Waals surface area contributed by atoms with E-state index < -0.39 is 0 Å². The molecule has 3 nitrogen and oxygen atoms in total. The summed E-state index contributed by atoms with van der Waals surface area (Å²) in [5.74, 6) is 1.80. The van der Waals surface area contributed by atoms with Gasteiger partial charge in [-0.1, -0.05) is 20.8 Å². The zero-order valence-corrected chi connectivity index (χ0v) is 14.9. The Hall–Kier alpha value is -0.940. The molecule has 0 aliphatic carbocycles. The molecule has 1 N–H and O–H groups in total. The van der Waals surface area contributed by atoms with Gasteiger partial charge >= 0.3 is 0 Å². The Labute approximate surface area is 133 Å². The molecule has 2 rings (SSSR count). The molecule has 2 aromatic rings. The maximum absolute atomic E-state index is 4.82. The number of rotatable bonds is 3. The van der Waals surface area contributed by atoms with Gasteiger partial charge in [-0.2, -0.15) is 0 Å². The van der Waals surface area contributed by atoms with E-state index in [1.165, 1.54) is 0 Å². The molecule has 0 amide bonds. The van der Waals surface area contributed by atoms with Crippen LogP contribution in [-0.2, 0) is 5.41 Å². The van der Waals surface area contributed by atoms with Crippen LogP contribution < -0.4 is 5.32 Å². The summed E-state index contributed by atoms with van der Waals surface area (Å²) in [6.07, 6.45) is 0. The fraction of sp³-hybridized carbons (Fsp3) is 0.467. The zero-order chi connectivity index (χ0) is 14.9. The summed E-state index contributed by atoms with van der Waals surface area (Å²) in [6.45, 7) is 11.4. The van der Waals surface area contributed by atoms with E-state index in [-0.39, 0.29) is 5.41 Å². The summed E-state index contributed by atoms with van der Waals surface area (Å²) in [5, 5.41) is 5.42. The van der Waals surface area contributed by atoms with E-state index >= 15 is 0 Å². The van der Waals surface area contributed by atoms with Crippen LogP contribution in [0.25, 0.3) is 10.6 Å². The monoisotopic (exact) mass is 353 g/mol. The number of nitrogens with one attached hydrogen (secondary N) is 1. The van der Waals surface area contributed by atoms with Gasteiger partial charge in [0, 0.05) is 22.0 Å². The zero-order valence-electron chi connectivity index (χ0n) is 12.5. The lowest BCUT2D eigenvalue weighted by Gasteiger charge is -2.20. The van der Waals surface area contributed by atoms with Crippen molar-refractivity contribution in [3.63, 3.8) is 0 Å². The summed E-state index contributed by atoms with van der Waals surface area (Å²) in [5.41, 5.74) is 2.04. The second kappa shape index (κ2) is 5.82. The molecule has 0 fully saturated rings. The number of hydrogen-bond acceptors (Lipinski definition) is 4. The molecule has 2 aromatic heterocycles. The molecular weight excluding hydrogens is 334 g/mol. The maximum Gasteiger partial charge on any atom is 0.136 e. The third-order valence-electron chi connectivity index (χ3n) is 2.99. The van der Waals surface area contributed by atoms with Gasteiger partial charge in [-0.15, -0.1) is 11.3 Å². The van der Waals surface area contributed by atoms with Crippen LogP contribution in [0, 0.1) is 6.92 Å². The Balaban J connectivity index is 2.67. The van der Waals surface area contributed by atoms with Crippen LogP contribution in [0.3, 0.4) is 0 Å². The average Bonchev–Trinajstić information content (AvgIpc) is 2.77. The van der Waals surface area contributed by atoms with Crippen LogP contribution in [0.5, 0.6) is 0 Å². The molecule has 20 heavy (non-hydrogen) atoms. The largest absolute Gasteiger partial charge is 0.370 e. The van der Waals surface area contributed by atoms with Gasteiger partial charge < -0.3 is 5.32 Å². The van der Waals surface area contributed by atoms with Crippen molar-refractivity contribution < 1.29 is 0 Å². The lowest BCUT2D eigenvalue weighted by atomic mass is 9.95. The highest BCUT2D eigenvalue weighted by Crippen LogP contribution is 2.37. The van der Waals surface area contributed by atoms with Gasteiger partial charge in [0.05, 0.1) is 10.6 Å². The first-order valence-electron chi connectivity index (χ1n) is 6.71. The summed E-state index contributed by atoms with van der Waals surface area (Å²) in [7, 11) is 0. The standard InChI is InChI=1S/C15H20BrN3S/c1-6-17-13-9(2)11(12-10(16)7-8-20-12)18-14(19-13)15(3,4)5/h7-8H,6H2,1-5H3,(H,17,18,19). The average molecular weight is 354 g/mol. The molecule has 2 heterocycles. The molecule has 0 spiro atoms. The van der Waals surface area contributed by atoms with Gasteiger partial charge in [0.15, 0.2) is 0 Å². The van der Waals surface area contributed by atoms with Crippen molar-refractivity contribution >= 4 is 33.1 Å². The molecule has 0 atom stereocenters. The van der Waals surface area contributed by atoms with Crippen molar-refractivity contribution in [2.75, 3.05) is 11.9 Å². The molecule has 0 aromatic carbocycles. The first-order chi connectivity index (χ1) is 9.34. The quantitative estimate of drug-likeness (QED) is 0.842. The van der Waals surface area contributed by atoms with E-state index in [4.69, 9.17) is 9.97 Å². The SMILES string of the molecule is CCNc1nc(C(C)(C)C)nc(-c2sccc2Br)c1C. The minimum absolute atomic E-state index is 0.0731. The van der Waals surface area contributed by atoms with Crippen molar-refractivity contribution in [1.82, 2.24) is 9.97 Å². The van der Waals surface area contributed by atoms with Crippen molar-refractivity contribution in [2.24, 2.45) is 0 Å². The van der Waals surface area contributed by atoms with Gasteiger partial charge in [0.1, 0.15) is 11.6 Å².